The van der Waals surface area contributed by atoms with Gasteiger partial charge in [-0.2, -0.15) is 11.8 Å². The largest absolute Gasteiger partial charge is 0.340 e. The Morgan fingerprint density at radius 1 is 1.32 bits per heavy atom. The molecule has 110 valence electrons. The summed E-state index contributed by atoms with van der Waals surface area (Å²) >= 11 is 1.79. The van der Waals surface area contributed by atoms with Crippen LogP contribution < -0.4 is 5.32 Å². The smallest absolute Gasteiger partial charge is 0.248 e. The molecule has 0 radical (unpaired) electrons. The fraction of sp³-hybridized carbons (Fsp3) is 0.857. The van der Waals surface area contributed by atoms with Crippen LogP contribution in [-0.2, 0) is 9.59 Å². The zero-order valence-corrected chi connectivity index (χ0v) is 13.6. The summed E-state index contributed by atoms with van der Waals surface area (Å²) in [5.74, 6) is 0.125. The van der Waals surface area contributed by atoms with E-state index < -0.39 is 5.54 Å². The summed E-state index contributed by atoms with van der Waals surface area (Å²) in [7, 11) is 0. The Morgan fingerprint density at radius 2 is 1.89 bits per heavy atom. The maximum absolute atomic E-state index is 12.5. The minimum absolute atomic E-state index is 0.0269. The number of piperazine rings is 1. The maximum atomic E-state index is 12.5. The Labute approximate surface area is 120 Å². The molecule has 0 aromatic heterocycles. The number of nitrogens with one attached hydrogen (secondary N) is 1. The molecule has 1 fully saturated rings. The summed E-state index contributed by atoms with van der Waals surface area (Å²) in [5, 5.41) is 3.33. The summed E-state index contributed by atoms with van der Waals surface area (Å²) in [6.07, 6.45) is 2.98. The van der Waals surface area contributed by atoms with Crippen molar-refractivity contribution in [3.8, 4) is 0 Å². The van der Waals surface area contributed by atoms with E-state index >= 15 is 0 Å². The summed E-state index contributed by atoms with van der Waals surface area (Å²) in [6, 6.07) is -0.338. The van der Waals surface area contributed by atoms with E-state index in [1.807, 2.05) is 13.8 Å². The molecule has 0 aromatic rings. The Balaban J connectivity index is 2.90. The van der Waals surface area contributed by atoms with Crippen molar-refractivity contribution in [2.24, 2.45) is 5.92 Å². The molecule has 0 aromatic carbocycles. The molecule has 0 aliphatic carbocycles. The molecule has 1 aliphatic heterocycles. The van der Waals surface area contributed by atoms with E-state index in [4.69, 9.17) is 0 Å². The molecule has 1 N–H and O–H groups in total. The Morgan fingerprint density at radius 3 is 2.37 bits per heavy atom. The van der Waals surface area contributed by atoms with Crippen molar-refractivity contribution < 1.29 is 9.59 Å². The molecule has 1 rings (SSSR count). The molecule has 1 heterocycles. The fourth-order valence-corrected chi connectivity index (χ4v) is 2.75. The zero-order chi connectivity index (χ0) is 14.8. The Bertz CT molecular complexity index is 355. The monoisotopic (exact) mass is 286 g/mol. The highest BCUT2D eigenvalue weighted by molar-refractivity contribution is 7.99. The molecule has 0 bridgehead atoms. The first-order chi connectivity index (χ1) is 8.70. The second kappa shape index (κ2) is 6.16. The number of thioether (sulfide) groups is 1. The van der Waals surface area contributed by atoms with Gasteiger partial charge >= 0.3 is 0 Å². The normalized spacial score (nSPS) is 24.6. The van der Waals surface area contributed by atoms with Crippen molar-refractivity contribution in [2.45, 2.75) is 57.9 Å². The molecule has 1 saturated heterocycles. The van der Waals surface area contributed by atoms with Crippen LogP contribution in [0.4, 0.5) is 0 Å². The average Bonchev–Trinajstić information content (AvgIpc) is 2.30. The molecule has 4 nitrogen and oxygen atoms in total. The van der Waals surface area contributed by atoms with E-state index in [0.29, 0.717) is 11.8 Å². The Hall–Kier alpha value is -0.710. The number of rotatable bonds is 5. The zero-order valence-electron chi connectivity index (χ0n) is 12.8. The molecule has 2 atom stereocenters. The molecule has 19 heavy (non-hydrogen) atoms. The molecule has 2 unspecified atom stereocenters. The van der Waals surface area contributed by atoms with E-state index in [0.717, 1.165) is 6.42 Å². The number of amides is 2. The van der Waals surface area contributed by atoms with Crippen molar-refractivity contribution in [1.82, 2.24) is 10.2 Å². The average molecular weight is 286 g/mol. The molecular weight excluding hydrogens is 260 g/mol. The van der Waals surface area contributed by atoms with E-state index in [9.17, 15) is 9.59 Å². The van der Waals surface area contributed by atoms with Gasteiger partial charge in [-0.15, -0.1) is 0 Å². The standard InChI is InChI=1S/C14H26N2O2S/c1-9(2)11-12(17)15-14(4,5)13(18)16(11)8-7-10(3)19-6/h9-11H,7-8H2,1-6H3,(H,15,17). The molecule has 1 aliphatic rings. The number of carbonyl (C=O) groups is 2. The van der Waals surface area contributed by atoms with Crippen LogP contribution in [0.1, 0.15) is 41.0 Å². The third kappa shape index (κ3) is 3.65. The van der Waals surface area contributed by atoms with Gasteiger partial charge in [0.15, 0.2) is 0 Å². The molecule has 0 saturated carbocycles. The lowest BCUT2D eigenvalue weighted by molar-refractivity contribution is -0.155. The van der Waals surface area contributed by atoms with Gasteiger partial charge in [-0.3, -0.25) is 9.59 Å². The van der Waals surface area contributed by atoms with Crippen LogP contribution in [0.3, 0.4) is 0 Å². The summed E-state index contributed by atoms with van der Waals surface area (Å²) < 4.78 is 0. The second-order valence-electron chi connectivity index (χ2n) is 6.14. The third-order valence-corrected chi connectivity index (χ3v) is 4.69. The minimum Gasteiger partial charge on any atom is -0.340 e. The lowest BCUT2D eigenvalue weighted by Gasteiger charge is -2.44. The predicted octanol–water partition coefficient (Wildman–Crippen LogP) is 1.89. The highest BCUT2D eigenvalue weighted by Crippen LogP contribution is 2.24. The summed E-state index contributed by atoms with van der Waals surface area (Å²) in [5.41, 5.74) is -0.787. The summed E-state index contributed by atoms with van der Waals surface area (Å²) in [4.78, 5) is 26.5. The van der Waals surface area contributed by atoms with Gasteiger partial charge in [0, 0.05) is 11.8 Å². The van der Waals surface area contributed by atoms with E-state index in [-0.39, 0.29) is 23.8 Å². The number of hydrogen-bond donors (Lipinski definition) is 1. The minimum atomic E-state index is -0.787. The SMILES string of the molecule is CSC(C)CCN1C(=O)C(C)(C)NC(=O)C1C(C)C. The van der Waals surface area contributed by atoms with Gasteiger partial charge in [-0.1, -0.05) is 20.8 Å². The highest BCUT2D eigenvalue weighted by Gasteiger charge is 2.45. The summed E-state index contributed by atoms with van der Waals surface area (Å²) in [6.45, 7) is 10.3. The van der Waals surface area contributed by atoms with E-state index in [1.165, 1.54) is 0 Å². The molecular formula is C14H26N2O2S. The molecule has 0 spiro atoms. The van der Waals surface area contributed by atoms with Crippen LogP contribution in [-0.4, -0.2) is 46.3 Å². The van der Waals surface area contributed by atoms with Gasteiger partial charge in [0.05, 0.1) is 0 Å². The van der Waals surface area contributed by atoms with Gasteiger partial charge in [0.2, 0.25) is 11.8 Å². The molecule has 2 amide bonds. The number of hydrogen-bond acceptors (Lipinski definition) is 3. The Kier molecular flexibility index (Phi) is 5.30. The van der Waals surface area contributed by atoms with Gasteiger partial charge < -0.3 is 10.2 Å². The van der Waals surface area contributed by atoms with Gasteiger partial charge in [0.1, 0.15) is 11.6 Å². The predicted molar refractivity (Wildman–Crippen MR) is 80.2 cm³/mol. The third-order valence-electron chi connectivity index (χ3n) is 3.65. The van der Waals surface area contributed by atoms with Crippen molar-refractivity contribution >= 4 is 23.6 Å². The van der Waals surface area contributed by atoms with Crippen molar-refractivity contribution in [1.29, 1.82) is 0 Å². The van der Waals surface area contributed by atoms with Crippen molar-refractivity contribution in [3.63, 3.8) is 0 Å². The first kappa shape index (κ1) is 16.3. The second-order valence-corrected chi connectivity index (χ2v) is 7.41. The topological polar surface area (TPSA) is 49.4 Å². The number of nitrogens with zero attached hydrogens (tertiary/aromatic N) is 1. The number of carbonyl (C=O) groups excluding carboxylic acids is 2. The fourth-order valence-electron chi connectivity index (χ4n) is 2.40. The lowest BCUT2D eigenvalue weighted by Crippen LogP contribution is -2.69. The first-order valence-electron chi connectivity index (χ1n) is 6.86. The molecule has 5 heteroatoms. The highest BCUT2D eigenvalue weighted by atomic mass is 32.2. The van der Waals surface area contributed by atoms with Crippen LogP contribution in [0.15, 0.2) is 0 Å². The van der Waals surface area contributed by atoms with E-state index in [2.05, 4.69) is 18.5 Å². The van der Waals surface area contributed by atoms with Crippen LogP contribution in [0, 0.1) is 5.92 Å². The van der Waals surface area contributed by atoms with Crippen LogP contribution in [0.5, 0.6) is 0 Å². The lowest BCUT2D eigenvalue weighted by atomic mass is 9.91. The van der Waals surface area contributed by atoms with E-state index in [1.54, 1.807) is 30.5 Å². The van der Waals surface area contributed by atoms with Crippen molar-refractivity contribution in [2.75, 3.05) is 12.8 Å². The maximum Gasteiger partial charge on any atom is 0.248 e. The van der Waals surface area contributed by atoms with Gasteiger partial charge in [-0.05, 0) is 32.4 Å². The van der Waals surface area contributed by atoms with Gasteiger partial charge in [-0.25, -0.2) is 0 Å². The van der Waals surface area contributed by atoms with Crippen LogP contribution >= 0.6 is 11.8 Å². The quantitative estimate of drug-likeness (QED) is 0.839. The first-order valence-corrected chi connectivity index (χ1v) is 8.15. The van der Waals surface area contributed by atoms with Crippen LogP contribution in [0.2, 0.25) is 0 Å². The van der Waals surface area contributed by atoms with Crippen LogP contribution in [0.25, 0.3) is 0 Å². The van der Waals surface area contributed by atoms with Gasteiger partial charge in [0.25, 0.3) is 0 Å². The van der Waals surface area contributed by atoms with Crippen molar-refractivity contribution in [3.05, 3.63) is 0 Å².